The molecule has 0 spiro atoms. The SMILES string of the molecule is CC(=O)c1ccc([C@@H](c2ccccc2)N2C[C@@H](C)N(Cc3ccccc3F)C[C@@H]2C)cc1. The Balaban J connectivity index is 1.61. The third-order valence-electron chi connectivity index (χ3n) is 6.57. The predicted octanol–water partition coefficient (Wildman–Crippen LogP) is 5.71. The van der Waals surface area contributed by atoms with Crippen LogP contribution in [0.4, 0.5) is 4.39 Å². The van der Waals surface area contributed by atoms with E-state index in [4.69, 9.17) is 0 Å². The monoisotopic (exact) mass is 430 g/mol. The third-order valence-corrected chi connectivity index (χ3v) is 6.57. The van der Waals surface area contributed by atoms with Crippen molar-refractivity contribution in [3.05, 3.63) is 107 Å². The molecule has 0 N–H and O–H groups in total. The standard InChI is InChI=1S/C28H31FN2O/c1-20-18-31(21(2)17-30(20)19-26-11-7-8-12-27(26)29)28(24-9-5-4-6-10-24)25-15-13-23(14-16-25)22(3)32/h4-16,20-21,28H,17-19H2,1-3H3/t20-,21+,28-/m1/s1. The van der Waals surface area contributed by atoms with Crippen molar-refractivity contribution in [3.8, 4) is 0 Å². The first-order valence-corrected chi connectivity index (χ1v) is 11.3. The smallest absolute Gasteiger partial charge is 0.159 e. The molecule has 3 nitrogen and oxygen atoms in total. The van der Waals surface area contributed by atoms with Gasteiger partial charge in [-0.2, -0.15) is 0 Å². The molecule has 1 saturated heterocycles. The summed E-state index contributed by atoms with van der Waals surface area (Å²) in [6.07, 6.45) is 0. The van der Waals surface area contributed by atoms with Crippen molar-refractivity contribution < 1.29 is 9.18 Å². The molecule has 3 aromatic rings. The van der Waals surface area contributed by atoms with E-state index in [1.807, 2.05) is 30.3 Å². The third kappa shape index (κ3) is 4.82. The van der Waals surface area contributed by atoms with Gasteiger partial charge in [-0.1, -0.05) is 72.8 Å². The van der Waals surface area contributed by atoms with E-state index in [0.717, 1.165) is 24.2 Å². The Bertz CT molecular complexity index is 1050. The fourth-order valence-electron chi connectivity index (χ4n) is 4.76. The van der Waals surface area contributed by atoms with E-state index >= 15 is 0 Å². The molecule has 4 heteroatoms. The largest absolute Gasteiger partial charge is 0.295 e. The average molecular weight is 431 g/mol. The van der Waals surface area contributed by atoms with Crippen LogP contribution < -0.4 is 0 Å². The maximum absolute atomic E-state index is 14.2. The zero-order valence-corrected chi connectivity index (χ0v) is 19.0. The van der Waals surface area contributed by atoms with Crippen LogP contribution in [0.15, 0.2) is 78.9 Å². The molecule has 166 valence electrons. The lowest BCUT2D eigenvalue weighted by molar-refractivity contribution is 0.0190. The molecule has 1 aliphatic heterocycles. The molecular formula is C28H31FN2O. The fourth-order valence-corrected chi connectivity index (χ4v) is 4.76. The number of hydrogen-bond acceptors (Lipinski definition) is 3. The Morgan fingerprint density at radius 2 is 1.50 bits per heavy atom. The van der Waals surface area contributed by atoms with Gasteiger partial charge in [0.25, 0.3) is 0 Å². The van der Waals surface area contributed by atoms with Gasteiger partial charge >= 0.3 is 0 Å². The van der Waals surface area contributed by atoms with Crippen molar-refractivity contribution in [1.82, 2.24) is 9.80 Å². The van der Waals surface area contributed by atoms with Gasteiger partial charge < -0.3 is 0 Å². The minimum Gasteiger partial charge on any atom is -0.295 e. The number of nitrogens with zero attached hydrogens (tertiary/aromatic N) is 2. The number of hydrogen-bond donors (Lipinski definition) is 0. The number of benzene rings is 3. The second-order valence-corrected chi connectivity index (χ2v) is 8.91. The van der Waals surface area contributed by atoms with E-state index < -0.39 is 0 Å². The zero-order chi connectivity index (χ0) is 22.7. The van der Waals surface area contributed by atoms with Crippen LogP contribution in [-0.4, -0.2) is 40.8 Å². The van der Waals surface area contributed by atoms with Crippen LogP contribution >= 0.6 is 0 Å². The molecule has 1 fully saturated rings. The van der Waals surface area contributed by atoms with Gasteiger partial charge in [0.15, 0.2) is 5.78 Å². The molecule has 4 rings (SSSR count). The summed E-state index contributed by atoms with van der Waals surface area (Å²) in [5.74, 6) is -0.0564. The highest BCUT2D eigenvalue weighted by atomic mass is 19.1. The van der Waals surface area contributed by atoms with Crippen LogP contribution in [0.25, 0.3) is 0 Å². The van der Waals surface area contributed by atoms with Crippen molar-refractivity contribution in [2.75, 3.05) is 13.1 Å². The molecule has 0 aliphatic carbocycles. The molecule has 0 aromatic heterocycles. The van der Waals surface area contributed by atoms with Crippen molar-refractivity contribution in [2.24, 2.45) is 0 Å². The van der Waals surface area contributed by atoms with Gasteiger partial charge in [0.05, 0.1) is 6.04 Å². The van der Waals surface area contributed by atoms with E-state index in [-0.39, 0.29) is 29.7 Å². The summed E-state index contributed by atoms with van der Waals surface area (Å²) in [5.41, 5.74) is 3.91. The second-order valence-electron chi connectivity index (χ2n) is 8.91. The fraction of sp³-hybridized carbons (Fsp3) is 0.321. The second kappa shape index (κ2) is 9.76. The summed E-state index contributed by atoms with van der Waals surface area (Å²) < 4.78 is 14.2. The molecule has 0 radical (unpaired) electrons. The van der Waals surface area contributed by atoms with Crippen molar-refractivity contribution in [1.29, 1.82) is 0 Å². The Hall–Kier alpha value is -2.82. The van der Waals surface area contributed by atoms with E-state index in [0.29, 0.717) is 6.54 Å². The molecule has 0 saturated carbocycles. The Morgan fingerprint density at radius 1 is 0.875 bits per heavy atom. The van der Waals surface area contributed by atoms with Crippen molar-refractivity contribution in [2.45, 2.75) is 45.4 Å². The van der Waals surface area contributed by atoms with Gasteiger partial charge in [-0.3, -0.25) is 14.6 Å². The highest BCUT2D eigenvalue weighted by Gasteiger charge is 2.35. The summed E-state index contributed by atoms with van der Waals surface area (Å²) in [4.78, 5) is 16.7. The first kappa shape index (κ1) is 22.4. The van der Waals surface area contributed by atoms with Crippen LogP contribution in [0.5, 0.6) is 0 Å². The number of carbonyl (C=O) groups is 1. The maximum atomic E-state index is 14.2. The predicted molar refractivity (Wildman–Crippen MR) is 127 cm³/mol. The number of carbonyl (C=O) groups excluding carboxylic acids is 1. The molecule has 1 aliphatic rings. The van der Waals surface area contributed by atoms with Crippen LogP contribution in [0.3, 0.4) is 0 Å². The summed E-state index contributed by atoms with van der Waals surface area (Å²) >= 11 is 0. The summed E-state index contributed by atoms with van der Waals surface area (Å²) in [6.45, 7) is 8.44. The van der Waals surface area contributed by atoms with Crippen LogP contribution in [0, 0.1) is 5.82 Å². The van der Waals surface area contributed by atoms with Crippen molar-refractivity contribution >= 4 is 5.78 Å². The summed E-state index contributed by atoms with van der Waals surface area (Å²) in [6, 6.07) is 26.3. The van der Waals surface area contributed by atoms with Gasteiger partial charge in [0.2, 0.25) is 0 Å². The quantitative estimate of drug-likeness (QED) is 0.468. The first-order chi connectivity index (χ1) is 15.4. The number of piperazine rings is 1. The van der Waals surface area contributed by atoms with Crippen molar-refractivity contribution in [3.63, 3.8) is 0 Å². The molecular weight excluding hydrogens is 399 g/mol. The van der Waals surface area contributed by atoms with Crippen LogP contribution in [0.2, 0.25) is 0 Å². The van der Waals surface area contributed by atoms with Crippen LogP contribution in [-0.2, 0) is 6.54 Å². The maximum Gasteiger partial charge on any atom is 0.159 e. The highest BCUT2D eigenvalue weighted by molar-refractivity contribution is 5.94. The van der Waals surface area contributed by atoms with Gasteiger partial charge in [-0.05, 0) is 38.0 Å². The molecule has 3 atom stereocenters. The minimum atomic E-state index is -0.137. The molecule has 0 bridgehead atoms. The highest BCUT2D eigenvalue weighted by Crippen LogP contribution is 2.34. The lowest BCUT2D eigenvalue weighted by atomic mass is 9.92. The molecule has 0 amide bonds. The normalized spacial score (nSPS) is 20.8. The first-order valence-electron chi connectivity index (χ1n) is 11.3. The van der Waals surface area contributed by atoms with Gasteiger partial charge in [-0.25, -0.2) is 4.39 Å². The van der Waals surface area contributed by atoms with Gasteiger partial charge in [-0.15, -0.1) is 0 Å². The van der Waals surface area contributed by atoms with E-state index in [9.17, 15) is 9.18 Å². The van der Waals surface area contributed by atoms with E-state index in [1.54, 1.807) is 13.0 Å². The number of Topliss-reactive ketones (excluding diaryl/α,β-unsaturated/α-hetero) is 1. The van der Waals surface area contributed by atoms with Gasteiger partial charge in [0, 0.05) is 42.8 Å². The lowest BCUT2D eigenvalue weighted by Gasteiger charge is -2.47. The zero-order valence-electron chi connectivity index (χ0n) is 19.0. The Morgan fingerprint density at radius 3 is 2.16 bits per heavy atom. The molecule has 32 heavy (non-hydrogen) atoms. The Labute approximate surface area is 190 Å². The van der Waals surface area contributed by atoms with E-state index in [1.165, 1.54) is 17.2 Å². The number of halogens is 1. The number of ketones is 1. The molecule has 3 aromatic carbocycles. The summed E-state index contributed by atoms with van der Waals surface area (Å²) in [7, 11) is 0. The Kier molecular flexibility index (Phi) is 6.83. The summed E-state index contributed by atoms with van der Waals surface area (Å²) in [5, 5.41) is 0. The lowest BCUT2D eigenvalue weighted by Crippen LogP contribution is -2.56. The minimum absolute atomic E-state index is 0.0801. The number of rotatable bonds is 6. The van der Waals surface area contributed by atoms with Gasteiger partial charge in [0.1, 0.15) is 5.82 Å². The average Bonchev–Trinajstić information content (AvgIpc) is 2.79. The molecule has 1 heterocycles. The topological polar surface area (TPSA) is 23.6 Å². The van der Waals surface area contributed by atoms with E-state index in [2.05, 4.69) is 60.0 Å². The van der Waals surface area contributed by atoms with Crippen LogP contribution in [0.1, 0.15) is 53.9 Å². The molecule has 0 unspecified atom stereocenters.